The predicted molar refractivity (Wildman–Crippen MR) is 80.9 cm³/mol. The first-order valence-electron chi connectivity index (χ1n) is 6.86. The van der Waals surface area contributed by atoms with Crippen molar-refractivity contribution in [2.24, 2.45) is 0 Å². The van der Waals surface area contributed by atoms with Gasteiger partial charge in [-0.05, 0) is 30.4 Å². The van der Waals surface area contributed by atoms with Gasteiger partial charge in [-0.3, -0.25) is 15.6 Å². The zero-order valence-corrected chi connectivity index (χ0v) is 12.1. The predicted octanol–water partition coefficient (Wildman–Crippen LogP) is 2.69. The molecular weight excluding hydrogens is 288 g/mol. The molecule has 108 valence electrons. The molecule has 1 amide bonds. The minimum absolute atomic E-state index is 0.0798. The summed E-state index contributed by atoms with van der Waals surface area (Å²) in [5, 5.41) is 0.224. The zero-order chi connectivity index (χ0) is 14.7. The lowest BCUT2D eigenvalue weighted by atomic mass is 9.82. The minimum Gasteiger partial charge on any atom is -0.279 e. The Hall–Kier alpha value is -2.14. The van der Waals surface area contributed by atoms with Gasteiger partial charge in [0.2, 0.25) is 5.91 Å². The molecule has 0 fully saturated rings. The molecule has 1 aromatic carbocycles. The Morgan fingerprint density at radius 1 is 1.24 bits per heavy atom. The molecule has 1 aliphatic rings. The number of hydrogen-bond donors (Lipinski definition) is 2. The molecule has 2 aromatic rings. The van der Waals surface area contributed by atoms with Gasteiger partial charge in [-0.15, -0.1) is 0 Å². The van der Waals surface area contributed by atoms with Crippen molar-refractivity contribution in [3.05, 3.63) is 52.9 Å². The summed E-state index contributed by atoms with van der Waals surface area (Å²) in [7, 11) is 0. The highest BCUT2D eigenvalue weighted by atomic mass is 35.5. The van der Waals surface area contributed by atoms with Gasteiger partial charge >= 0.3 is 0 Å². The van der Waals surface area contributed by atoms with Gasteiger partial charge in [0.05, 0.1) is 5.92 Å². The topological polar surface area (TPSA) is 66.9 Å². The van der Waals surface area contributed by atoms with E-state index in [-0.39, 0.29) is 17.0 Å². The average molecular weight is 303 g/mol. The van der Waals surface area contributed by atoms with Crippen molar-refractivity contribution in [3.63, 3.8) is 0 Å². The fourth-order valence-electron chi connectivity index (χ4n) is 2.64. The molecule has 21 heavy (non-hydrogen) atoms. The molecule has 0 aliphatic heterocycles. The second-order valence-corrected chi connectivity index (χ2v) is 5.31. The number of carbonyl (C=O) groups excluding carboxylic acids is 1. The van der Waals surface area contributed by atoms with E-state index < -0.39 is 0 Å². The molecule has 2 N–H and O–H groups in total. The highest BCUT2D eigenvalue weighted by molar-refractivity contribution is 6.31. The fraction of sp³-hybridized carbons (Fsp3) is 0.267. The number of rotatable bonds is 3. The number of hydrazine groups is 1. The van der Waals surface area contributed by atoms with Gasteiger partial charge in [0.15, 0.2) is 11.0 Å². The smallest absolute Gasteiger partial charge is 0.245 e. The van der Waals surface area contributed by atoms with E-state index in [1.54, 1.807) is 0 Å². The van der Waals surface area contributed by atoms with E-state index in [2.05, 4.69) is 26.9 Å². The lowest BCUT2D eigenvalue weighted by Gasteiger charge is -2.24. The standard InChI is InChI=1S/C15H15ClN4O/c16-13-14(18-9-8-17-13)19-20-15(21)12-7-3-5-10-4-1-2-6-11(10)12/h1-2,4,6,8-9,12H,3,5,7H2,(H,18,19)(H,20,21). The molecule has 0 radical (unpaired) electrons. The van der Waals surface area contributed by atoms with Crippen LogP contribution in [0, 0.1) is 0 Å². The van der Waals surface area contributed by atoms with Crippen molar-refractivity contribution in [2.75, 3.05) is 5.43 Å². The van der Waals surface area contributed by atoms with E-state index in [0.29, 0.717) is 5.82 Å². The van der Waals surface area contributed by atoms with Crippen molar-refractivity contribution in [2.45, 2.75) is 25.2 Å². The first kappa shape index (κ1) is 13.8. The Labute approximate surface area is 127 Å². The van der Waals surface area contributed by atoms with Crippen molar-refractivity contribution in [3.8, 4) is 0 Å². The number of aryl methyl sites for hydroxylation is 1. The molecule has 6 heteroatoms. The molecule has 1 unspecified atom stereocenters. The number of fused-ring (bicyclic) bond motifs is 1. The van der Waals surface area contributed by atoms with E-state index in [4.69, 9.17) is 11.6 Å². The van der Waals surface area contributed by atoms with Crippen molar-refractivity contribution in [1.29, 1.82) is 0 Å². The van der Waals surface area contributed by atoms with Crippen LogP contribution >= 0.6 is 11.6 Å². The first-order chi connectivity index (χ1) is 10.3. The maximum Gasteiger partial charge on any atom is 0.245 e. The lowest BCUT2D eigenvalue weighted by molar-refractivity contribution is -0.122. The number of aromatic nitrogens is 2. The molecule has 3 rings (SSSR count). The third-order valence-electron chi connectivity index (χ3n) is 3.64. The molecule has 0 spiro atoms. The monoisotopic (exact) mass is 302 g/mol. The van der Waals surface area contributed by atoms with Gasteiger partial charge in [0.25, 0.3) is 0 Å². The molecule has 1 aliphatic carbocycles. The maximum atomic E-state index is 12.4. The van der Waals surface area contributed by atoms with Gasteiger partial charge in [-0.1, -0.05) is 35.9 Å². The molecule has 5 nitrogen and oxygen atoms in total. The maximum absolute atomic E-state index is 12.4. The fourth-order valence-corrected chi connectivity index (χ4v) is 2.79. The van der Waals surface area contributed by atoms with Crippen LogP contribution in [0.15, 0.2) is 36.7 Å². The number of anilines is 1. The summed E-state index contributed by atoms with van der Waals surface area (Å²) in [6.45, 7) is 0. The number of carbonyl (C=O) groups is 1. The van der Waals surface area contributed by atoms with Gasteiger partial charge < -0.3 is 0 Å². The SMILES string of the molecule is O=C(NNc1nccnc1Cl)C1CCCc2ccccc21. The van der Waals surface area contributed by atoms with Crippen LogP contribution in [0.1, 0.15) is 29.9 Å². The Bertz CT molecular complexity index is 662. The summed E-state index contributed by atoms with van der Waals surface area (Å²) in [5.41, 5.74) is 7.77. The third kappa shape index (κ3) is 2.97. The normalized spacial score (nSPS) is 16.9. The molecule has 1 heterocycles. The second kappa shape index (κ2) is 6.10. The van der Waals surface area contributed by atoms with Crippen LogP contribution in [0.4, 0.5) is 5.82 Å². The molecular formula is C15H15ClN4O. The van der Waals surface area contributed by atoms with Crippen molar-refractivity contribution in [1.82, 2.24) is 15.4 Å². The third-order valence-corrected chi connectivity index (χ3v) is 3.92. The zero-order valence-electron chi connectivity index (χ0n) is 11.3. The van der Waals surface area contributed by atoms with Gasteiger partial charge in [0.1, 0.15) is 0 Å². The summed E-state index contributed by atoms with van der Waals surface area (Å²) in [6, 6.07) is 8.09. The largest absolute Gasteiger partial charge is 0.279 e. The van der Waals surface area contributed by atoms with Gasteiger partial charge in [0, 0.05) is 12.4 Å². The van der Waals surface area contributed by atoms with E-state index in [9.17, 15) is 4.79 Å². The van der Waals surface area contributed by atoms with Crippen molar-refractivity contribution >= 4 is 23.3 Å². The van der Waals surface area contributed by atoms with Crippen LogP contribution < -0.4 is 10.9 Å². The molecule has 0 saturated carbocycles. The van der Waals surface area contributed by atoms with E-state index in [1.807, 2.05) is 18.2 Å². The van der Waals surface area contributed by atoms with E-state index >= 15 is 0 Å². The average Bonchev–Trinajstić information content (AvgIpc) is 2.53. The second-order valence-electron chi connectivity index (χ2n) is 4.95. The molecule has 0 saturated heterocycles. The Morgan fingerprint density at radius 2 is 2.05 bits per heavy atom. The van der Waals surface area contributed by atoms with Crippen LogP contribution in [-0.2, 0) is 11.2 Å². The molecule has 0 bridgehead atoms. The summed E-state index contributed by atoms with van der Waals surface area (Å²) in [4.78, 5) is 20.3. The number of nitrogens with one attached hydrogen (secondary N) is 2. The number of halogens is 1. The number of benzene rings is 1. The number of amides is 1. The first-order valence-corrected chi connectivity index (χ1v) is 7.23. The van der Waals surface area contributed by atoms with Crippen LogP contribution in [0.5, 0.6) is 0 Å². The highest BCUT2D eigenvalue weighted by Crippen LogP contribution is 2.31. The summed E-state index contributed by atoms with van der Waals surface area (Å²) >= 11 is 5.89. The molecule has 1 atom stereocenters. The van der Waals surface area contributed by atoms with E-state index in [0.717, 1.165) is 24.8 Å². The quantitative estimate of drug-likeness (QED) is 0.856. The lowest BCUT2D eigenvalue weighted by Crippen LogP contribution is -2.35. The number of hydrogen-bond acceptors (Lipinski definition) is 4. The van der Waals surface area contributed by atoms with E-state index in [1.165, 1.54) is 18.0 Å². The van der Waals surface area contributed by atoms with Crippen LogP contribution in [-0.4, -0.2) is 15.9 Å². The van der Waals surface area contributed by atoms with Crippen molar-refractivity contribution < 1.29 is 4.79 Å². The van der Waals surface area contributed by atoms with Gasteiger partial charge in [-0.25, -0.2) is 9.97 Å². The number of nitrogens with zero attached hydrogens (tertiary/aromatic N) is 2. The highest BCUT2D eigenvalue weighted by Gasteiger charge is 2.26. The van der Waals surface area contributed by atoms with Crippen LogP contribution in [0.25, 0.3) is 0 Å². The Kier molecular flexibility index (Phi) is 4.01. The van der Waals surface area contributed by atoms with Gasteiger partial charge in [-0.2, -0.15) is 0 Å². The summed E-state index contributed by atoms with van der Waals surface area (Å²) in [5.74, 6) is 0.123. The summed E-state index contributed by atoms with van der Waals surface area (Å²) < 4.78 is 0. The Morgan fingerprint density at radius 3 is 2.90 bits per heavy atom. The van der Waals surface area contributed by atoms with Crippen LogP contribution in [0.2, 0.25) is 5.15 Å². The minimum atomic E-state index is -0.141. The molecule has 1 aromatic heterocycles. The summed E-state index contributed by atoms with van der Waals surface area (Å²) in [6.07, 6.45) is 5.89. The Balaban J connectivity index is 1.71. The van der Waals surface area contributed by atoms with Crippen LogP contribution in [0.3, 0.4) is 0 Å².